The van der Waals surface area contributed by atoms with Crippen LogP contribution in [0.5, 0.6) is 5.75 Å². The summed E-state index contributed by atoms with van der Waals surface area (Å²) in [4.78, 5) is 0. The van der Waals surface area contributed by atoms with E-state index in [1.807, 2.05) is 0 Å². The monoisotopic (exact) mass is 176 g/mol. The van der Waals surface area contributed by atoms with E-state index in [0.29, 0.717) is 0 Å². The maximum Gasteiger partial charge on any atom is 0.229 e. The van der Waals surface area contributed by atoms with E-state index < -0.39 is 0 Å². The van der Waals surface area contributed by atoms with Gasteiger partial charge in [-0.15, -0.1) is 0 Å². The van der Waals surface area contributed by atoms with Gasteiger partial charge in [-0.3, -0.25) is 0 Å². The van der Waals surface area contributed by atoms with E-state index in [2.05, 4.69) is 5.16 Å². The number of nitrogens with zero attached hydrogens (tertiary/aromatic N) is 1. The molecule has 2 rings (SSSR count). The molecule has 0 aliphatic rings. The fourth-order valence-electron chi connectivity index (χ4n) is 1.11. The first kappa shape index (κ1) is 7.67. The number of phenols is 1. The lowest BCUT2D eigenvalue weighted by molar-refractivity contribution is 0.436. The minimum absolute atomic E-state index is 0.221. The minimum Gasteiger partial charge on any atom is -0.508 e. The Kier molecular flexibility index (Phi) is 1.66. The SMILES string of the molecule is Nc1oncc1-c1ccc(O)cc1. The molecule has 0 radical (unpaired) electrons. The molecule has 66 valence electrons. The van der Waals surface area contributed by atoms with Gasteiger partial charge >= 0.3 is 0 Å². The number of nitrogens with two attached hydrogens (primary N) is 1. The van der Waals surface area contributed by atoms with Crippen LogP contribution in [0.25, 0.3) is 11.1 Å². The number of hydrogen-bond donors (Lipinski definition) is 2. The van der Waals surface area contributed by atoms with Crippen molar-refractivity contribution in [3.8, 4) is 16.9 Å². The third-order valence-electron chi connectivity index (χ3n) is 1.78. The molecule has 0 spiro atoms. The van der Waals surface area contributed by atoms with E-state index in [-0.39, 0.29) is 11.6 Å². The van der Waals surface area contributed by atoms with Crippen LogP contribution in [0.3, 0.4) is 0 Å². The Morgan fingerprint density at radius 3 is 2.46 bits per heavy atom. The second kappa shape index (κ2) is 2.82. The molecule has 2 aromatic rings. The summed E-state index contributed by atoms with van der Waals surface area (Å²) in [6.07, 6.45) is 1.54. The molecule has 0 aliphatic carbocycles. The average Bonchev–Trinajstić information content (AvgIpc) is 2.53. The molecule has 0 bridgehead atoms. The quantitative estimate of drug-likeness (QED) is 0.692. The van der Waals surface area contributed by atoms with E-state index in [0.717, 1.165) is 11.1 Å². The number of phenolic OH excluding ortho intramolecular Hbond substituents is 1. The van der Waals surface area contributed by atoms with Crippen molar-refractivity contribution in [1.82, 2.24) is 5.16 Å². The fraction of sp³-hybridized carbons (Fsp3) is 0. The second-order valence-corrected chi connectivity index (χ2v) is 2.65. The minimum atomic E-state index is 0.221. The lowest BCUT2D eigenvalue weighted by Gasteiger charge is -1.97. The standard InChI is InChI=1S/C9H8N2O2/c10-9-8(5-11-13-9)6-1-3-7(12)4-2-6/h1-5,12H,10H2. The summed E-state index contributed by atoms with van der Waals surface area (Å²) in [5.74, 6) is 0.504. The molecule has 0 fully saturated rings. The molecule has 0 aliphatic heterocycles. The van der Waals surface area contributed by atoms with E-state index in [4.69, 9.17) is 15.4 Å². The number of rotatable bonds is 1. The van der Waals surface area contributed by atoms with Crippen LogP contribution < -0.4 is 5.73 Å². The van der Waals surface area contributed by atoms with E-state index >= 15 is 0 Å². The van der Waals surface area contributed by atoms with Crippen molar-refractivity contribution < 1.29 is 9.63 Å². The Hall–Kier alpha value is -1.97. The van der Waals surface area contributed by atoms with Crippen molar-refractivity contribution in [3.63, 3.8) is 0 Å². The molecular weight excluding hydrogens is 168 g/mol. The fourth-order valence-corrected chi connectivity index (χ4v) is 1.11. The van der Waals surface area contributed by atoms with Gasteiger partial charge in [-0.1, -0.05) is 17.3 Å². The molecule has 0 saturated carbocycles. The summed E-state index contributed by atoms with van der Waals surface area (Å²) in [7, 11) is 0. The highest BCUT2D eigenvalue weighted by atomic mass is 16.5. The molecule has 3 N–H and O–H groups in total. The summed E-state index contributed by atoms with van der Waals surface area (Å²) in [6.45, 7) is 0. The Morgan fingerprint density at radius 2 is 1.92 bits per heavy atom. The van der Waals surface area contributed by atoms with Gasteiger partial charge in [0.2, 0.25) is 5.88 Å². The summed E-state index contributed by atoms with van der Waals surface area (Å²) in [5.41, 5.74) is 7.13. The van der Waals surface area contributed by atoms with Crippen LogP contribution in [0, 0.1) is 0 Å². The van der Waals surface area contributed by atoms with Crippen molar-refractivity contribution in [2.45, 2.75) is 0 Å². The van der Waals surface area contributed by atoms with Gasteiger partial charge in [0.05, 0.1) is 11.8 Å². The predicted molar refractivity (Wildman–Crippen MR) is 48.0 cm³/mol. The summed E-state index contributed by atoms with van der Waals surface area (Å²) >= 11 is 0. The summed E-state index contributed by atoms with van der Waals surface area (Å²) < 4.78 is 4.71. The van der Waals surface area contributed by atoms with Crippen molar-refractivity contribution in [3.05, 3.63) is 30.5 Å². The molecule has 4 heteroatoms. The van der Waals surface area contributed by atoms with Crippen molar-refractivity contribution >= 4 is 5.88 Å². The highest BCUT2D eigenvalue weighted by Crippen LogP contribution is 2.26. The van der Waals surface area contributed by atoms with Crippen LogP contribution in [-0.4, -0.2) is 10.3 Å². The zero-order valence-electron chi connectivity index (χ0n) is 6.77. The van der Waals surface area contributed by atoms with Gasteiger partial charge in [-0.05, 0) is 17.7 Å². The molecule has 0 unspecified atom stereocenters. The molecule has 0 saturated heterocycles. The largest absolute Gasteiger partial charge is 0.508 e. The Morgan fingerprint density at radius 1 is 1.23 bits per heavy atom. The van der Waals surface area contributed by atoms with Gasteiger partial charge in [0.15, 0.2) is 0 Å². The normalized spacial score (nSPS) is 10.2. The molecule has 4 nitrogen and oxygen atoms in total. The summed E-state index contributed by atoms with van der Waals surface area (Å²) in [5, 5.41) is 12.6. The van der Waals surface area contributed by atoms with Crippen LogP contribution in [-0.2, 0) is 0 Å². The summed E-state index contributed by atoms with van der Waals surface area (Å²) in [6, 6.07) is 6.67. The lowest BCUT2D eigenvalue weighted by Crippen LogP contribution is -1.83. The van der Waals surface area contributed by atoms with E-state index in [9.17, 15) is 0 Å². The lowest BCUT2D eigenvalue weighted by atomic mass is 10.1. The highest BCUT2D eigenvalue weighted by molar-refractivity contribution is 5.71. The van der Waals surface area contributed by atoms with Gasteiger partial charge in [0.1, 0.15) is 5.75 Å². The van der Waals surface area contributed by atoms with Gasteiger partial charge < -0.3 is 15.4 Å². The van der Waals surface area contributed by atoms with Gasteiger partial charge in [0.25, 0.3) is 0 Å². The first-order valence-electron chi connectivity index (χ1n) is 3.77. The maximum absolute atomic E-state index is 9.05. The van der Waals surface area contributed by atoms with Crippen molar-refractivity contribution in [2.24, 2.45) is 0 Å². The molecule has 0 amide bonds. The molecule has 1 aromatic heterocycles. The van der Waals surface area contributed by atoms with Gasteiger partial charge in [-0.25, -0.2) is 0 Å². The van der Waals surface area contributed by atoms with E-state index in [1.54, 1.807) is 30.5 Å². The zero-order chi connectivity index (χ0) is 9.26. The Labute approximate surface area is 74.6 Å². The molecule has 1 heterocycles. The zero-order valence-corrected chi connectivity index (χ0v) is 6.77. The number of hydrogen-bond acceptors (Lipinski definition) is 4. The van der Waals surface area contributed by atoms with E-state index in [1.165, 1.54) is 0 Å². The second-order valence-electron chi connectivity index (χ2n) is 2.65. The van der Waals surface area contributed by atoms with Crippen LogP contribution in [0.1, 0.15) is 0 Å². The topological polar surface area (TPSA) is 72.3 Å². The smallest absolute Gasteiger partial charge is 0.229 e. The maximum atomic E-state index is 9.05. The van der Waals surface area contributed by atoms with Crippen LogP contribution in [0.4, 0.5) is 5.88 Å². The predicted octanol–water partition coefficient (Wildman–Crippen LogP) is 1.63. The Bertz CT molecular complexity index is 406. The third-order valence-corrected chi connectivity index (χ3v) is 1.78. The van der Waals surface area contributed by atoms with Crippen molar-refractivity contribution in [2.75, 3.05) is 5.73 Å². The first-order valence-corrected chi connectivity index (χ1v) is 3.77. The van der Waals surface area contributed by atoms with Gasteiger partial charge in [-0.2, -0.15) is 0 Å². The molecular formula is C9H8N2O2. The van der Waals surface area contributed by atoms with Crippen molar-refractivity contribution in [1.29, 1.82) is 0 Å². The number of nitrogen functional groups attached to an aromatic ring is 1. The molecule has 13 heavy (non-hydrogen) atoms. The number of aromatic hydroxyl groups is 1. The number of anilines is 1. The van der Waals surface area contributed by atoms with Crippen LogP contribution in [0.15, 0.2) is 35.0 Å². The Balaban J connectivity index is 2.47. The highest BCUT2D eigenvalue weighted by Gasteiger charge is 2.05. The van der Waals surface area contributed by atoms with Crippen LogP contribution in [0.2, 0.25) is 0 Å². The third kappa shape index (κ3) is 1.33. The van der Waals surface area contributed by atoms with Gasteiger partial charge in [0, 0.05) is 0 Å². The molecule has 1 aromatic carbocycles. The van der Waals surface area contributed by atoms with Crippen LogP contribution >= 0.6 is 0 Å². The number of aromatic nitrogens is 1. The average molecular weight is 176 g/mol. The first-order chi connectivity index (χ1) is 6.27. The molecule has 0 atom stereocenters. The number of benzene rings is 1.